The zero-order chi connectivity index (χ0) is 32.3. The number of nitro benzene ring substituents is 1. The molecule has 2 heterocycles. The Labute approximate surface area is 278 Å². The number of likely N-dealkylation sites (N-methyl/N-ethyl adjacent to an activating group) is 1. The average Bonchev–Trinajstić information content (AvgIpc) is 3.07. The number of ether oxygens (including phenoxy) is 2. The number of allylic oxidation sites excluding steroid dienone is 3. The van der Waals surface area contributed by atoms with E-state index in [2.05, 4.69) is 89.6 Å². The van der Waals surface area contributed by atoms with Crippen LogP contribution in [0.25, 0.3) is 0 Å². The third-order valence-corrected chi connectivity index (χ3v) is 8.27. The topological polar surface area (TPSA) is 97.2 Å². The van der Waals surface area contributed by atoms with Gasteiger partial charge in [0.25, 0.3) is 5.69 Å². The lowest BCUT2D eigenvalue weighted by atomic mass is 9.86. The molecule has 0 spiro atoms. The monoisotopic (exact) mass is 648 g/mol. The van der Waals surface area contributed by atoms with Crippen molar-refractivity contribution >= 4 is 24.1 Å². The molecule has 0 amide bonds. The molecule has 2 aliphatic rings. The van der Waals surface area contributed by atoms with Crippen molar-refractivity contribution in [2.24, 2.45) is 0 Å². The minimum Gasteiger partial charge on any atom is -0.466 e. The number of hydrogen-bond acceptors (Lipinski definition) is 8. The van der Waals surface area contributed by atoms with E-state index in [0.29, 0.717) is 16.8 Å². The Hall–Kier alpha value is -4.02. The van der Waals surface area contributed by atoms with Gasteiger partial charge in [-0.1, -0.05) is 85.8 Å². The van der Waals surface area contributed by atoms with Crippen LogP contribution in [-0.2, 0) is 14.3 Å². The van der Waals surface area contributed by atoms with Gasteiger partial charge in [-0.2, -0.15) is 0 Å². The second kappa shape index (κ2) is 17.6. The predicted octanol–water partition coefficient (Wildman–Crippen LogP) is 6.83. The molecule has 10 heteroatoms. The Morgan fingerprint density at radius 1 is 0.957 bits per heavy atom. The van der Waals surface area contributed by atoms with Crippen LogP contribution in [0.3, 0.4) is 0 Å². The highest BCUT2D eigenvalue weighted by atomic mass is 35.5. The van der Waals surface area contributed by atoms with Crippen molar-refractivity contribution in [1.29, 1.82) is 0 Å². The first-order valence-corrected chi connectivity index (χ1v) is 15.4. The Balaban J connectivity index is 0.000000247. The van der Waals surface area contributed by atoms with Gasteiger partial charge in [-0.25, -0.2) is 4.79 Å². The molecule has 246 valence electrons. The lowest BCUT2D eigenvalue weighted by Crippen LogP contribution is -2.50. The van der Waals surface area contributed by atoms with Crippen molar-refractivity contribution in [1.82, 2.24) is 15.1 Å². The van der Waals surface area contributed by atoms with Crippen molar-refractivity contribution in [2.75, 3.05) is 39.8 Å². The quantitative estimate of drug-likeness (QED) is 0.153. The number of nitrogens with one attached hydrogen (secondary N) is 1. The van der Waals surface area contributed by atoms with Gasteiger partial charge >= 0.3 is 5.97 Å². The van der Waals surface area contributed by atoms with Gasteiger partial charge in [0.2, 0.25) is 0 Å². The largest absolute Gasteiger partial charge is 0.466 e. The number of esters is 1. The van der Waals surface area contributed by atoms with E-state index in [4.69, 9.17) is 9.47 Å². The van der Waals surface area contributed by atoms with Crippen molar-refractivity contribution in [3.8, 4) is 0 Å². The van der Waals surface area contributed by atoms with Crippen LogP contribution in [0.2, 0.25) is 0 Å². The Morgan fingerprint density at radius 3 is 2.07 bits per heavy atom. The fourth-order valence-electron chi connectivity index (χ4n) is 5.79. The number of piperazine rings is 1. The minimum absolute atomic E-state index is 0. The molecule has 3 aromatic carbocycles. The van der Waals surface area contributed by atoms with Crippen LogP contribution in [0.1, 0.15) is 56.4 Å². The summed E-state index contributed by atoms with van der Waals surface area (Å²) in [5.74, 6) is -0.807. The first-order chi connectivity index (χ1) is 21.7. The summed E-state index contributed by atoms with van der Waals surface area (Å²) in [6.07, 6.45) is 1.94. The van der Waals surface area contributed by atoms with Crippen LogP contribution in [0.4, 0.5) is 5.69 Å². The molecule has 5 rings (SSSR count). The molecule has 0 aliphatic carbocycles. The number of carbonyl (C=O) groups is 1. The lowest BCUT2D eigenvalue weighted by Gasteiger charge is -2.38. The second-order valence-electron chi connectivity index (χ2n) is 11.2. The maximum Gasteiger partial charge on any atom is 0.336 e. The fraction of sp³-hybridized carbons (Fsp3) is 0.361. The molecule has 1 saturated heterocycles. The van der Waals surface area contributed by atoms with E-state index in [1.165, 1.54) is 30.4 Å². The van der Waals surface area contributed by atoms with Gasteiger partial charge in [0.1, 0.15) is 12.3 Å². The summed E-state index contributed by atoms with van der Waals surface area (Å²) in [7, 11) is 1.32. The average molecular weight is 649 g/mol. The SMILES string of the molecule is CCN1CCN(C(C)OC(c2ccccc2)c2ccccc2)CC1.COC(=O)C1=C(C)NC(C)=CC1c1cccc([N+](=O)[O-])c1.Cl. The number of rotatable bonds is 9. The van der Waals surface area contributed by atoms with Crippen LogP contribution in [0.5, 0.6) is 0 Å². The molecule has 0 bridgehead atoms. The van der Waals surface area contributed by atoms with Crippen molar-refractivity contribution < 1.29 is 19.2 Å². The van der Waals surface area contributed by atoms with Gasteiger partial charge in [0, 0.05) is 55.6 Å². The minimum atomic E-state index is -0.449. The van der Waals surface area contributed by atoms with Gasteiger partial charge < -0.3 is 19.7 Å². The third-order valence-electron chi connectivity index (χ3n) is 8.27. The number of nitro groups is 1. The number of benzene rings is 3. The maximum absolute atomic E-state index is 12.0. The molecule has 0 aromatic heterocycles. The van der Waals surface area contributed by atoms with Crippen molar-refractivity contribution in [3.63, 3.8) is 0 Å². The summed E-state index contributed by atoms with van der Waals surface area (Å²) >= 11 is 0. The summed E-state index contributed by atoms with van der Waals surface area (Å²) in [5.41, 5.74) is 5.15. The molecule has 9 nitrogen and oxygen atoms in total. The van der Waals surface area contributed by atoms with E-state index in [-0.39, 0.29) is 36.3 Å². The normalized spacial score (nSPS) is 17.5. The molecule has 2 unspecified atom stereocenters. The van der Waals surface area contributed by atoms with Crippen LogP contribution >= 0.6 is 12.4 Å². The number of non-ortho nitro benzene ring substituents is 1. The fourth-order valence-corrected chi connectivity index (χ4v) is 5.79. The molecular weight excluding hydrogens is 604 g/mol. The Morgan fingerprint density at radius 2 is 1.54 bits per heavy atom. The van der Waals surface area contributed by atoms with Gasteiger partial charge in [-0.15, -0.1) is 12.4 Å². The second-order valence-corrected chi connectivity index (χ2v) is 11.2. The van der Waals surface area contributed by atoms with E-state index in [1.807, 2.05) is 13.0 Å². The number of nitrogens with zero attached hydrogens (tertiary/aromatic N) is 3. The van der Waals surface area contributed by atoms with Gasteiger partial charge in [0.15, 0.2) is 0 Å². The van der Waals surface area contributed by atoms with E-state index in [9.17, 15) is 14.9 Å². The van der Waals surface area contributed by atoms with Gasteiger partial charge in [0.05, 0.1) is 17.6 Å². The highest BCUT2D eigenvalue weighted by Crippen LogP contribution is 2.34. The number of hydrogen-bond donors (Lipinski definition) is 1. The van der Waals surface area contributed by atoms with E-state index in [0.717, 1.165) is 38.4 Å². The van der Waals surface area contributed by atoms with Crippen molar-refractivity contribution in [2.45, 2.75) is 45.9 Å². The summed E-state index contributed by atoms with van der Waals surface area (Å²) < 4.78 is 11.4. The summed E-state index contributed by atoms with van der Waals surface area (Å²) in [6, 6.07) is 27.3. The summed E-state index contributed by atoms with van der Waals surface area (Å²) in [5, 5.41) is 14.0. The molecule has 2 atom stereocenters. The van der Waals surface area contributed by atoms with Crippen molar-refractivity contribution in [3.05, 3.63) is 135 Å². The van der Waals surface area contributed by atoms with E-state index < -0.39 is 10.9 Å². The Kier molecular flexibility index (Phi) is 14.0. The molecular formula is C36H45ClN4O5. The molecule has 1 N–H and O–H groups in total. The molecule has 46 heavy (non-hydrogen) atoms. The number of carbonyl (C=O) groups excluding carboxylic acids is 1. The van der Waals surface area contributed by atoms with Crippen LogP contribution < -0.4 is 5.32 Å². The van der Waals surface area contributed by atoms with Gasteiger partial charge in [-0.05, 0) is 44.0 Å². The molecule has 0 saturated carbocycles. The highest BCUT2D eigenvalue weighted by molar-refractivity contribution is 5.92. The number of halogens is 1. The van der Waals surface area contributed by atoms with E-state index >= 15 is 0 Å². The lowest BCUT2D eigenvalue weighted by molar-refractivity contribution is -0.384. The maximum atomic E-state index is 12.0. The standard InChI is InChI=1S/C21H28N2O.C15H16N2O4.ClH/c1-3-22-14-16-23(17-15-22)18(2)24-21(19-10-6-4-7-11-19)20-12-8-5-9-13-20;1-9-7-13(14(10(2)16-9)15(18)21-3)11-5-4-6-12(8-11)17(19)20;/h4-13,18,21H,3,14-17H2,1-2H3;4-8,13,16H,1-3H3;1H. The zero-order valence-corrected chi connectivity index (χ0v) is 28.0. The molecule has 2 aliphatic heterocycles. The summed E-state index contributed by atoms with van der Waals surface area (Å²) in [6.45, 7) is 13.6. The highest BCUT2D eigenvalue weighted by Gasteiger charge is 2.29. The van der Waals surface area contributed by atoms with E-state index in [1.54, 1.807) is 19.1 Å². The number of methoxy groups -OCH3 is 1. The molecule has 0 radical (unpaired) electrons. The Bertz CT molecular complexity index is 1450. The molecule has 3 aromatic rings. The van der Waals surface area contributed by atoms with Crippen LogP contribution in [0, 0.1) is 10.1 Å². The smallest absolute Gasteiger partial charge is 0.336 e. The zero-order valence-electron chi connectivity index (χ0n) is 27.2. The predicted molar refractivity (Wildman–Crippen MR) is 184 cm³/mol. The first-order valence-electron chi connectivity index (χ1n) is 15.4. The van der Waals surface area contributed by atoms with Gasteiger partial charge in [-0.3, -0.25) is 15.0 Å². The summed E-state index contributed by atoms with van der Waals surface area (Å²) in [4.78, 5) is 27.4. The molecule has 1 fully saturated rings. The van der Waals surface area contributed by atoms with Crippen LogP contribution in [-0.4, -0.2) is 66.8 Å². The third kappa shape index (κ3) is 9.50. The van der Waals surface area contributed by atoms with Crippen LogP contribution in [0.15, 0.2) is 108 Å². The number of dihydropyridines is 1. The first kappa shape index (κ1) is 36.4.